The molecule has 3 nitrogen and oxygen atoms in total. The molecule has 0 aromatic rings. The summed E-state index contributed by atoms with van der Waals surface area (Å²) in [5, 5.41) is 0. The Morgan fingerprint density at radius 2 is 2.00 bits per heavy atom. The monoisotopic (exact) mass is 193 g/mol. The van der Waals surface area contributed by atoms with Gasteiger partial charge in [-0.2, -0.15) is 0 Å². The van der Waals surface area contributed by atoms with Crippen molar-refractivity contribution < 1.29 is 9.53 Å². The fraction of sp³-hybridized carbons (Fsp3) is 0.625. The Labute approximate surface area is 79.8 Å². The van der Waals surface area contributed by atoms with Crippen LogP contribution in [0.1, 0.15) is 6.42 Å². The Kier molecular flexibility index (Phi) is 8.32. The third-order valence-corrected chi connectivity index (χ3v) is 1.33. The van der Waals surface area contributed by atoms with Crippen LogP contribution in [0.5, 0.6) is 0 Å². The molecular weight excluding hydrogens is 178 g/mol. The van der Waals surface area contributed by atoms with Crippen molar-refractivity contribution in [2.24, 2.45) is 0 Å². The van der Waals surface area contributed by atoms with Crippen molar-refractivity contribution in [2.45, 2.75) is 6.42 Å². The first kappa shape index (κ1) is 14.0. The van der Waals surface area contributed by atoms with E-state index in [0.29, 0.717) is 12.0 Å². The molecule has 0 heterocycles. The lowest BCUT2D eigenvalue weighted by Gasteiger charge is -2.09. The third-order valence-electron chi connectivity index (χ3n) is 1.33. The molecule has 0 bridgehead atoms. The zero-order chi connectivity index (χ0) is 8.85. The van der Waals surface area contributed by atoms with Crippen molar-refractivity contribution >= 4 is 18.4 Å². The zero-order valence-electron chi connectivity index (χ0n) is 7.79. The number of hydrogen-bond acceptors (Lipinski definition) is 3. The van der Waals surface area contributed by atoms with Crippen molar-refractivity contribution in [1.82, 2.24) is 4.90 Å². The average molecular weight is 194 g/mol. The number of rotatable bonds is 4. The second kappa shape index (κ2) is 7.13. The molecule has 0 aliphatic rings. The number of ether oxygens (including phenoxy) is 1. The normalized spacial score (nSPS) is 9.00. The summed E-state index contributed by atoms with van der Waals surface area (Å²) in [6.45, 7) is 4.42. The topological polar surface area (TPSA) is 29.5 Å². The molecule has 0 aliphatic carbocycles. The van der Waals surface area contributed by atoms with Crippen molar-refractivity contribution in [2.75, 3.05) is 27.7 Å². The molecule has 0 N–H and O–H groups in total. The van der Waals surface area contributed by atoms with E-state index in [1.807, 2.05) is 19.0 Å². The van der Waals surface area contributed by atoms with Crippen LogP contribution in [0.25, 0.3) is 0 Å². The lowest BCUT2D eigenvalue weighted by atomic mass is 10.2. The van der Waals surface area contributed by atoms with E-state index in [4.69, 9.17) is 0 Å². The van der Waals surface area contributed by atoms with Crippen molar-refractivity contribution in [3.8, 4) is 0 Å². The average Bonchev–Trinajstić information content (AvgIpc) is 1.98. The predicted molar refractivity (Wildman–Crippen MR) is 51.6 cm³/mol. The Morgan fingerprint density at radius 1 is 1.50 bits per heavy atom. The van der Waals surface area contributed by atoms with Gasteiger partial charge in [-0.25, -0.2) is 4.79 Å². The van der Waals surface area contributed by atoms with Crippen molar-refractivity contribution in [3.63, 3.8) is 0 Å². The van der Waals surface area contributed by atoms with Gasteiger partial charge in [-0.05, 0) is 20.5 Å². The lowest BCUT2D eigenvalue weighted by Crippen LogP contribution is -2.16. The SMILES string of the molecule is C=C(CCN(C)C)C(=O)OC.Cl. The molecule has 0 fully saturated rings. The number of halogens is 1. The van der Waals surface area contributed by atoms with Crippen LogP contribution in [0.2, 0.25) is 0 Å². The second-order valence-corrected chi connectivity index (χ2v) is 2.65. The molecule has 0 radical (unpaired) electrons. The van der Waals surface area contributed by atoms with E-state index in [1.165, 1.54) is 7.11 Å². The molecule has 0 spiro atoms. The minimum absolute atomic E-state index is 0. The van der Waals surface area contributed by atoms with Crippen molar-refractivity contribution in [1.29, 1.82) is 0 Å². The van der Waals surface area contributed by atoms with Crippen molar-refractivity contribution in [3.05, 3.63) is 12.2 Å². The zero-order valence-corrected chi connectivity index (χ0v) is 8.61. The highest BCUT2D eigenvalue weighted by Gasteiger charge is 2.05. The molecule has 0 atom stereocenters. The van der Waals surface area contributed by atoms with Crippen LogP contribution in [-0.4, -0.2) is 38.6 Å². The second-order valence-electron chi connectivity index (χ2n) is 2.65. The highest BCUT2D eigenvalue weighted by molar-refractivity contribution is 5.87. The standard InChI is InChI=1S/C8H15NO2.ClH/c1-7(8(10)11-4)5-6-9(2)3;/h1,5-6H2,2-4H3;1H. The molecule has 0 amide bonds. The molecule has 0 saturated heterocycles. The Balaban J connectivity index is 0. The van der Waals surface area contributed by atoms with Crippen LogP contribution in [0, 0.1) is 0 Å². The van der Waals surface area contributed by atoms with E-state index >= 15 is 0 Å². The maximum absolute atomic E-state index is 10.8. The first-order chi connectivity index (χ1) is 5.07. The van der Waals surface area contributed by atoms with Gasteiger partial charge in [0.25, 0.3) is 0 Å². The van der Waals surface area contributed by atoms with Gasteiger partial charge in [0.2, 0.25) is 0 Å². The summed E-state index contributed by atoms with van der Waals surface area (Å²) in [4.78, 5) is 12.8. The molecule has 0 aliphatic heterocycles. The van der Waals surface area contributed by atoms with E-state index < -0.39 is 0 Å². The Hall–Kier alpha value is -0.540. The summed E-state index contributed by atoms with van der Waals surface area (Å²) in [6, 6.07) is 0. The fourth-order valence-corrected chi connectivity index (χ4v) is 0.605. The van der Waals surface area contributed by atoms with Gasteiger partial charge in [-0.1, -0.05) is 6.58 Å². The summed E-state index contributed by atoms with van der Waals surface area (Å²) in [7, 11) is 5.26. The predicted octanol–water partition coefficient (Wildman–Crippen LogP) is 1.09. The maximum Gasteiger partial charge on any atom is 0.333 e. The van der Waals surface area contributed by atoms with E-state index in [2.05, 4.69) is 11.3 Å². The lowest BCUT2D eigenvalue weighted by molar-refractivity contribution is -0.136. The smallest absolute Gasteiger partial charge is 0.333 e. The fourth-order valence-electron chi connectivity index (χ4n) is 0.605. The summed E-state index contributed by atoms with van der Waals surface area (Å²) < 4.78 is 4.49. The summed E-state index contributed by atoms with van der Waals surface area (Å²) >= 11 is 0. The van der Waals surface area contributed by atoms with Gasteiger partial charge in [0.1, 0.15) is 0 Å². The van der Waals surface area contributed by atoms with Gasteiger partial charge in [0, 0.05) is 12.1 Å². The van der Waals surface area contributed by atoms with E-state index in [0.717, 1.165) is 6.54 Å². The number of esters is 1. The van der Waals surface area contributed by atoms with Gasteiger partial charge < -0.3 is 9.64 Å². The summed E-state index contributed by atoms with van der Waals surface area (Å²) in [5.74, 6) is -0.313. The van der Waals surface area contributed by atoms with Gasteiger partial charge >= 0.3 is 5.97 Å². The quantitative estimate of drug-likeness (QED) is 0.495. The Bertz CT molecular complexity index is 157. The van der Waals surface area contributed by atoms with Gasteiger partial charge in [-0.3, -0.25) is 0 Å². The number of hydrogen-bond donors (Lipinski definition) is 0. The first-order valence-corrected chi connectivity index (χ1v) is 3.48. The summed E-state index contributed by atoms with van der Waals surface area (Å²) in [6.07, 6.45) is 0.666. The third kappa shape index (κ3) is 6.19. The molecule has 0 aromatic carbocycles. The molecule has 12 heavy (non-hydrogen) atoms. The molecule has 0 saturated carbocycles. The molecular formula is C8H16ClNO2. The van der Waals surface area contributed by atoms with E-state index in [1.54, 1.807) is 0 Å². The first-order valence-electron chi connectivity index (χ1n) is 3.48. The van der Waals surface area contributed by atoms with E-state index in [9.17, 15) is 4.79 Å². The van der Waals surface area contributed by atoms with Crippen LogP contribution in [0.4, 0.5) is 0 Å². The van der Waals surface area contributed by atoms with Crippen LogP contribution < -0.4 is 0 Å². The highest BCUT2D eigenvalue weighted by Crippen LogP contribution is 2.00. The minimum atomic E-state index is -0.313. The van der Waals surface area contributed by atoms with Gasteiger partial charge in [-0.15, -0.1) is 12.4 Å². The Morgan fingerprint density at radius 3 is 2.33 bits per heavy atom. The van der Waals surface area contributed by atoms with Crippen LogP contribution >= 0.6 is 12.4 Å². The van der Waals surface area contributed by atoms with Crippen LogP contribution in [-0.2, 0) is 9.53 Å². The van der Waals surface area contributed by atoms with E-state index in [-0.39, 0.29) is 18.4 Å². The largest absolute Gasteiger partial charge is 0.466 e. The summed E-state index contributed by atoms with van der Waals surface area (Å²) in [5.41, 5.74) is 0.529. The van der Waals surface area contributed by atoms with Gasteiger partial charge in [0.15, 0.2) is 0 Å². The van der Waals surface area contributed by atoms with Crippen LogP contribution in [0.3, 0.4) is 0 Å². The van der Waals surface area contributed by atoms with Gasteiger partial charge in [0.05, 0.1) is 7.11 Å². The molecule has 4 heteroatoms. The highest BCUT2D eigenvalue weighted by atomic mass is 35.5. The molecule has 0 unspecified atom stereocenters. The molecule has 0 aromatic heterocycles. The molecule has 72 valence electrons. The number of methoxy groups -OCH3 is 1. The number of nitrogens with zero attached hydrogens (tertiary/aromatic N) is 1. The number of carbonyl (C=O) groups excluding carboxylic acids is 1. The minimum Gasteiger partial charge on any atom is -0.466 e. The maximum atomic E-state index is 10.8. The number of carbonyl (C=O) groups is 1. The molecule has 0 rings (SSSR count). The van der Waals surface area contributed by atoms with Crippen LogP contribution in [0.15, 0.2) is 12.2 Å².